The maximum absolute atomic E-state index is 13.0. The van der Waals surface area contributed by atoms with Gasteiger partial charge in [0.15, 0.2) is 17.2 Å². The molecule has 1 aromatic carbocycles. The third kappa shape index (κ3) is 3.54. The van der Waals surface area contributed by atoms with Crippen molar-refractivity contribution in [2.24, 2.45) is 5.92 Å². The number of halogens is 1. The molecule has 2 unspecified atom stereocenters. The zero-order chi connectivity index (χ0) is 21.5. The topological polar surface area (TPSA) is 123 Å². The van der Waals surface area contributed by atoms with Gasteiger partial charge in [0.05, 0.1) is 6.61 Å². The molecule has 0 radical (unpaired) electrons. The lowest BCUT2D eigenvalue weighted by atomic mass is 9.96. The van der Waals surface area contributed by atoms with Gasteiger partial charge in [-0.15, -0.1) is 0 Å². The molecule has 4 heterocycles. The fraction of sp³-hybridized carbons (Fsp3) is 0.400. The van der Waals surface area contributed by atoms with Crippen LogP contribution in [-0.2, 0) is 28.3 Å². The van der Waals surface area contributed by atoms with Gasteiger partial charge in [-0.1, -0.05) is 12.1 Å². The first-order chi connectivity index (χ1) is 14.3. The SMILES string of the molecule is CC(=O)NC12CCC(CO1)Cn1c2nc(C(=O)NCc2ccc(F)cc2)c(O)c1=O. The van der Waals surface area contributed by atoms with Gasteiger partial charge in [0.25, 0.3) is 11.5 Å². The van der Waals surface area contributed by atoms with Crippen LogP contribution in [-0.4, -0.2) is 33.1 Å². The highest BCUT2D eigenvalue weighted by molar-refractivity contribution is 5.94. The first kappa shape index (κ1) is 20.0. The van der Waals surface area contributed by atoms with Crippen LogP contribution in [0.4, 0.5) is 4.39 Å². The van der Waals surface area contributed by atoms with Crippen molar-refractivity contribution in [3.63, 3.8) is 0 Å². The van der Waals surface area contributed by atoms with Crippen molar-refractivity contribution in [3.8, 4) is 5.75 Å². The molecule has 2 atom stereocenters. The standard InChI is InChI=1S/C20H21FN4O5/c1-11(26)24-20-7-6-13(10-30-20)9-25-18(29)16(27)15(23-19(20)25)17(28)22-8-12-2-4-14(21)5-3-12/h2-5,13,27H,6-10H2,1H3,(H,22,28)(H,24,26). The zero-order valence-electron chi connectivity index (χ0n) is 16.3. The molecule has 1 saturated heterocycles. The number of hydrogen-bond donors (Lipinski definition) is 3. The van der Waals surface area contributed by atoms with Gasteiger partial charge in [-0.3, -0.25) is 19.0 Å². The summed E-state index contributed by atoms with van der Waals surface area (Å²) in [6.07, 6.45) is 1.08. The number of carbonyl (C=O) groups excluding carboxylic acids is 2. The van der Waals surface area contributed by atoms with Crippen molar-refractivity contribution < 1.29 is 23.8 Å². The van der Waals surface area contributed by atoms with Crippen LogP contribution in [0.3, 0.4) is 0 Å². The third-order valence-electron chi connectivity index (χ3n) is 5.38. The highest BCUT2D eigenvalue weighted by atomic mass is 19.1. The predicted octanol–water partition coefficient (Wildman–Crippen LogP) is 0.747. The van der Waals surface area contributed by atoms with Crippen molar-refractivity contribution in [1.82, 2.24) is 20.2 Å². The van der Waals surface area contributed by atoms with Crippen molar-refractivity contribution in [2.75, 3.05) is 6.61 Å². The minimum atomic E-state index is -1.34. The molecule has 1 aromatic heterocycles. The van der Waals surface area contributed by atoms with E-state index >= 15 is 0 Å². The maximum atomic E-state index is 13.0. The summed E-state index contributed by atoms with van der Waals surface area (Å²) in [6.45, 7) is 1.96. The van der Waals surface area contributed by atoms with Crippen LogP contribution < -0.4 is 16.2 Å². The number of benzene rings is 1. The molecule has 1 fully saturated rings. The molecule has 158 valence electrons. The van der Waals surface area contributed by atoms with Gasteiger partial charge >= 0.3 is 0 Å². The molecule has 9 nitrogen and oxygen atoms in total. The van der Waals surface area contributed by atoms with E-state index in [2.05, 4.69) is 15.6 Å². The molecule has 5 rings (SSSR count). The zero-order valence-corrected chi connectivity index (χ0v) is 16.3. The van der Waals surface area contributed by atoms with Crippen molar-refractivity contribution >= 4 is 11.8 Å². The van der Waals surface area contributed by atoms with E-state index in [1.165, 1.54) is 35.8 Å². The molecule has 0 saturated carbocycles. The Kier molecular flexibility index (Phi) is 5.02. The van der Waals surface area contributed by atoms with Crippen molar-refractivity contribution in [1.29, 1.82) is 0 Å². The lowest BCUT2D eigenvalue weighted by Gasteiger charge is -2.36. The van der Waals surface area contributed by atoms with Gasteiger partial charge in [0.1, 0.15) is 5.82 Å². The van der Waals surface area contributed by atoms with Crippen LogP contribution in [0.25, 0.3) is 0 Å². The van der Waals surface area contributed by atoms with Crippen LogP contribution in [0, 0.1) is 11.7 Å². The summed E-state index contributed by atoms with van der Waals surface area (Å²) < 4.78 is 20.2. The number of aromatic nitrogens is 2. The number of nitrogens with one attached hydrogen (secondary N) is 2. The van der Waals surface area contributed by atoms with E-state index in [1.54, 1.807) is 0 Å². The Morgan fingerprint density at radius 1 is 1.37 bits per heavy atom. The van der Waals surface area contributed by atoms with Crippen LogP contribution in [0.1, 0.15) is 41.6 Å². The highest BCUT2D eigenvalue weighted by Crippen LogP contribution is 2.38. The normalized spacial score (nSPS) is 22.1. The average Bonchev–Trinajstić information content (AvgIpc) is 2.95. The van der Waals surface area contributed by atoms with Crippen LogP contribution in [0.15, 0.2) is 29.1 Å². The Morgan fingerprint density at radius 2 is 2.10 bits per heavy atom. The van der Waals surface area contributed by atoms with Gasteiger partial charge in [-0.25, -0.2) is 9.37 Å². The minimum absolute atomic E-state index is 0.0326. The largest absolute Gasteiger partial charge is 0.501 e. The lowest BCUT2D eigenvalue weighted by molar-refractivity contribution is -0.148. The molecule has 3 aliphatic heterocycles. The molecule has 3 N–H and O–H groups in total. The van der Waals surface area contributed by atoms with E-state index in [-0.39, 0.29) is 30.7 Å². The minimum Gasteiger partial charge on any atom is -0.501 e. The number of hydrogen-bond acceptors (Lipinski definition) is 6. The number of rotatable bonds is 4. The second-order valence-corrected chi connectivity index (χ2v) is 7.58. The molecule has 0 spiro atoms. The Bertz CT molecular complexity index is 1060. The molecule has 3 aliphatic rings. The van der Waals surface area contributed by atoms with E-state index in [9.17, 15) is 23.9 Å². The molecular weight excluding hydrogens is 395 g/mol. The Labute approximate surface area is 170 Å². The first-order valence-corrected chi connectivity index (χ1v) is 9.59. The summed E-state index contributed by atoms with van der Waals surface area (Å²) in [6, 6.07) is 5.54. The Hall–Kier alpha value is -3.27. The third-order valence-corrected chi connectivity index (χ3v) is 5.38. The van der Waals surface area contributed by atoms with Gasteiger partial charge in [0, 0.05) is 32.4 Å². The summed E-state index contributed by atoms with van der Waals surface area (Å²) in [5.41, 5.74) is -1.92. The number of ether oxygens (including phenoxy) is 1. The predicted molar refractivity (Wildman–Crippen MR) is 102 cm³/mol. The number of carbonyl (C=O) groups is 2. The van der Waals surface area contributed by atoms with Gasteiger partial charge < -0.3 is 20.5 Å². The molecule has 10 heteroatoms. The Balaban J connectivity index is 1.70. The first-order valence-electron chi connectivity index (χ1n) is 9.59. The van der Waals surface area contributed by atoms with Gasteiger partial charge in [-0.05, 0) is 24.1 Å². The van der Waals surface area contributed by atoms with E-state index in [0.717, 1.165) is 0 Å². The van der Waals surface area contributed by atoms with Crippen molar-refractivity contribution in [3.05, 3.63) is 57.5 Å². The van der Waals surface area contributed by atoms with Crippen LogP contribution in [0.5, 0.6) is 5.75 Å². The van der Waals surface area contributed by atoms with Crippen molar-refractivity contribution in [2.45, 2.75) is 38.6 Å². The lowest BCUT2D eigenvalue weighted by Crippen LogP contribution is -2.51. The van der Waals surface area contributed by atoms with E-state index < -0.39 is 34.5 Å². The molecule has 0 aliphatic carbocycles. The number of aromatic hydroxyl groups is 1. The number of nitrogens with zero attached hydrogens (tertiary/aromatic N) is 2. The second kappa shape index (κ2) is 7.52. The summed E-state index contributed by atoms with van der Waals surface area (Å²) >= 11 is 0. The monoisotopic (exact) mass is 416 g/mol. The summed E-state index contributed by atoms with van der Waals surface area (Å²) in [4.78, 5) is 41.6. The Morgan fingerprint density at radius 3 is 2.73 bits per heavy atom. The van der Waals surface area contributed by atoms with Gasteiger partial charge in [-0.2, -0.15) is 0 Å². The second-order valence-electron chi connectivity index (χ2n) is 7.58. The number of fused-ring (bicyclic) bond motifs is 2. The fourth-order valence-corrected chi connectivity index (χ4v) is 3.89. The fourth-order valence-electron chi connectivity index (χ4n) is 3.89. The molecular formula is C20H21FN4O5. The van der Waals surface area contributed by atoms with Gasteiger partial charge in [0.2, 0.25) is 11.7 Å². The summed E-state index contributed by atoms with van der Waals surface area (Å²) in [5, 5.41) is 15.7. The van der Waals surface area contributed by atoms with E-state index in [4.69, 9.17) is 4.74 Å². The maximum Gasteiger partial charge on any atom is 0.296 e. The smallest absolute Gasteiger partial charge is 0.296 e. The summed E-state index contributed by atoms with van der Waals surface area (Å²) in [7, 11) is 0. The molecule has 2 amide bonds. The average molecular weight is 416 g/mol. The quantitative estimate of drug-likeness (QED) is 0.676. The highest BCUT2D eigenvalue weighted by Gasteiger charge is 2.47. The number of amides is 2. The van der Waals surface area contributed by atoms with Crippen LogP contribution >= 0.6 is 0 Å². The van der Waals surface area contributed by atoms with E-state index in [1.807, 2.05) is 0 Å². The molecule has 2 aromatic rings. The summed E-state index contributed by atoms with van der Waals surface area (Å²) in [5.74, 6) is -2.19. The van der Waals surface area contributed by atoms with E-state index in [0.29, 0.717) is 25.0 Å². The molecule has 30 heavy (non-hydrogen) atoms. The van der Waals surface area contributed by atoms with Crippen LogP contribution in [0.2, 0.25) is 0 Å². The molecule has 2 bridgehead atoms.